The maximum absolute atomic E-state index is 5.64. The molecule has 0 aliphatic heterocycles. The van der Waals surface area contributed by atoms with Gasteiger partial charge in [0.05, 0.1) is 12.8 Å². The van der Waals surface area contributed by atoms with Crippen molar-refractivity contribution >= 4 is 22.6 Å². The fourth-order valence-corrected chi connectivity index (χ4v) is 2.14. The predicted molar refractivity (Wildman–Crippen MR) is 77.6 cm³/mol. The van der Waals surface area contributed by atoms with Crippen LogP contribution in [0, 0.1) is 0 Å². The third kappa shape index (κ3) is 2.85. The van der Waals surface area contributed by atoms with Crippen LogP contribution in [-0.4, -0.2) is 24.2 Å². The molecular formula is C13H17N3OS. The Kier molecular flexibility index (Phi) is 4.25. The highest BCUT2D eigenvalue weighted by molar-refractivity contribution is 8.13. The topological polar surface area (TPSA) is 60.0 Å². The molecule has 0 saturated heterocycles. The van der Waals surface area contributed by atoms with Crippen LogP contribution >= 0.6 is 11.8 Å². The Bertz CT molecular complexity index is 497. The minimum Gasteiger partial charge on any atom is -0.497 e. The van der Waals surface area contributed by atoms with Gasteiger partial charge >= 0.3 is 0 Å². The highest BCUT2D eigenvalue weighted by atomic mass is 32.2. The van der Waals surface area contributed by atoms with Crippen LogP contribution in [0.15, 0.2) is 28.4 Å². The van der Waals surface area contributed by atoms with Crippen molar-refractivity contribution in [1.29, 1.82) is 0 Å². The molecule has 2 N–H and O–H groups in total. The molecule has 96 valence electrons. The van der Waals surface area contributed by atoms with Gasteiger partial charge in [0.1, 0.15) is 5.75 Å². The van der Waals surface area contributed by atoms with Gasteiger partial charge in [0.25, 0.3) is 0 Å². The minimum absolute atomic E-state index is 0.489. The molecule has 0 saturated carbocycles. The molecule has 2 rings (SSSR count). The molecule has 1 aromatic carbocycles. The summed E-state index contributed by atoms with van der Waals surface area (Å²) in [5.41, 5.74) is 9.09. The second kappa shape index (κ2) is 5.91. The fraction of sp³-hybridized carbons (Fsp3) is 0.385. The molecule has 0 unspecified atom stereocenters. The van der Waals surface area contributed by atoms with Crippen molar-refractivity contribution in [3.8, 4) is 5.75 Å². The summed E-state index contributed by atoms with van der Waals surface area (Å²) in [4.78, 5) is 0. The van der Waals surface area contributed by atoms with Crippen molar-refractivity contribution in [3.05, 3.63) is 29.3 Å². The number of benzene rings is 1. The Hall–Kier alpha value is -1.49. The molecule has 4 nitrogen and oxygen atoms in total. The standard InChI is InChI=1S/C13H17N3OS/c1-17-10-6-7-11-9(8-10)4-3-5-12(11)15-16-13(14)18-2/h6-8H,3-5H2,1-2H3,(H2,14,16)/b15-12+. The van der Waals surface area contributed by atoms with Gasteiger partial charge in [-0.25, -0.2) is 0 Å². The van der Waals surface area contributed by atoms with E-state index in [0.717, 1.165) is 30.7 Å². The summed E-state index contributed by atoms with van der Waals surface area (Å²) in [5.74, 6) is 0.891. The fourth-order valence-electron chi connectivity index (χ4n) is 2.02. The molecule has 0 spiro atoms. The average Bonchev–Trinajstić information content (AvgIpc) is 2.43. The van der Waals surface area contributed by atoms with Crippen molar-refractivity contribution < 1.29 is 4.74 Å². The first-order valence-electron chi connectivity index (χ1n) is 5.86. The smallest absolute Gasteiger partial charge is 0.180 e. The van der Waals surface area contributed by atoms with Gasteiger partial charge < -0.3 is 10.5 Å². The molecule has 0 bridgehead atoms. The third-order valence-electron chi connectivity index (χ3n) is 2.96. The van der Waals surface area contributed by atoms with Gasteiger partial charge in [0, 0.05) is 5.56 Å². The van der Waals surface area contributed by atoms with Crippen LogP contribution in [0.5, 0.6) is 5.75 Å². The van der Waals surface area contributed by atoms with Crippen LogP contribution in [0.1, 0.15) is 24.0 Å². The summed E-state index contributed by atoms with van der Waals surface area (Å²) in [6, 6.07) is 6.09. The van der Waals surface area contributed by atoms with Crippen LogP contribution in [0.4, 0.5) is 0 Å². The van der Waals surface area contributed by atoms with Gasteiger partial charge in [-0.05, 0) is 49.3 Å². The Balaban J connectivity index is 2.33. The van der Waals surface area contributed by atoms with Crippen LogP contribution in [0.25, 0.3) is 0 Å². The lowest BCUT2D eigenvalue weighted by atomic mass is 9.90. The van der Waals surface area contributed by atoms with E-state index in [4.69, 9.17) is 10.5 Å². The van der Waals surface area contributed by atoms with Gasteiger partial charge in [0.2, 0.25) is 0 Å². The first-order valence-corrected chi connectivity index (χ1v) is 7.08. The lowest BCUT2D eigenvalue weighted by Crippen LogP contribution is -2.12. The third-order valence-corrected chi connectivity index (χ3v) is 3.46. The molecule has 1 aliphatic carbocycles. The summed E-state index contributed by atoms with van der Waals surface area (Å²) < 4.78 is 5.24. The van der Waals surface area contributed by atoms with E-state index in [2.05, 4.69) is 22.3 Å². The van der Waals surface area contributed by atoms with Crippen LogP contribution in [-0.2, 0) is 6.42 Å². The maximum atomic E-state index is 5.64. The highest BCUT2D eigenvalue weighted by Gasteiger charge is 2.16. The van der Waals surface area contributed by atoms with Crippen molar-refractivity contribution in [2.24, 2.45) is 15.9 Å². The Morgan fingerprint density at radius 3 is 2.94 bits per heavy atom. The molecule has 0 aromatic heterocycles. The summed E-state index contributed by atoms with van der Waals surface area (Å²) in [7, 11) is 1.68. The first-order chi connectivity index (χ1) is 8.74. The first kappa shape index (κ1) is 13.0. The lowest BCUT2D eigenvalue weighted by molar-refractivity contribution is 0.414. The summed E-state index contributed by atoms with van der Waals surface area (Å²) in [6.45, 7) is 0. The van der Waals surface area contributed by atoms with Gasteiger partial charge in [-0.3, -0.25) is 0 Å². The number of hydrogen-bond acceptors (Lipinski definition) is 4. The molecule has 0 heterocycles. The average molecular weight is 263 g/mol. The molecule has 5 heteroatoms. The van der Waals surface area contributed by atoms with Crippen LogP contribution in [0.2, 0.25) is 0 Å². The van der Waals surface area contributed by atoms with Gasteiger partial charge in [-0.2, -0.15) is 5.10 Å². The minimum atomic E-state index is 0.489. The van der Waals surface area contributed by atoms with E-state index in [0.29, 0.717) is 5.17 Å². The quantitative estimate of drug-likeness (QED) is 0.506. The lowest BCUT2D eigenvalue weighted by Gasteiger charge is -2.17. The van der Waals surface area contributed by atoms with Crippen LogP contribution in [0.3, 0.4) is 0 Å². The zero-order valence-electron chi connectivity index (χ0n) is 10.6. The maximum Gasteiger partial charge on any atom is 0.180 e. The molecule has 0 amide bonds. The molecule has 0 fully saturated rings. The van der Waals surface area contributed by atoms with E-state index in [-0.39, 0.29) is 0 Å². The SMILES string of the molecule is COc1ccc2c(c1)CCC/C2=N\N=C(/N)SC. The number of ether oxygens (including phenoxy) is 1. The van der Waals surface area contributed by atoms with Gasteiger partial charge in [-0.15, -0.1) is 5.10 Å². The number of fused-ring (bicyclic) bond motifs is 1. The van der Waals surface area contributed by atoms with Crippen molar-refractivity contribution in [2.45, 2.75) is 19.3 Å². The number of thioether (sulfide) groups is 1. The van der Waals surface area contributed by atoms with E-state index < -0.39 is 0 Å². The van der Waals surface area contributed by atoms with E-state index in [1.165, 1.54) is 22.9 Å². The second-order valence-electron chi connectivity index (χ2n) is 4.07. The number of hydrogen-bond donors (Lipinski definition) is 1. The number of rotatable bonds is 2. The Morgan fingerprint density at radius 2 is 2.22 bits per heavy atom. The van der Waals surface area contributed by atoms with E-state index in [1.807, 2.05) is 12.3 Å². The highest BCUT2D eigenvalue weighted by Crippen LogP contribution is 2.26. The zero-order chi connectivity index (χ0) is 13.0. The number of aryl methyl sites for hydroxylation is 1. The molecule has 1 aliphatic rings. The Labute approximate surface area is 111 Å². The summed E-state index contributed by atoms with van der Waals surface area (Å²) in [5, 5.41) is 8.78. The van der Waals surface area contributed by atoms with Gasteiger partial charge in [-0.1, -0.05) is 11.8 Å². The van der Waals surface area contributed by atoms with Crippen molar-refractivity contribution in [1.82, 2.24) is 0 Å². The zero-order valence-corrected chi connectivity index (χ0v) is 11.5. The van der Waals surface area contributed by atoms with Crippen molar-refractivity contribution in [3.63, 3.8) is 0 Å². The number of nitrogens with zero attached hydrogens (tertiary/aromatic N) is 2. The van der Waals surface area contributed by atoms with E-state index in [9.17, 15) is 0 Å². The number of nitrogens with two attached hydrogens (primary N) is 1. The monoisotopic (exact) mass is 263 g/mol. The van der Waals surface area contributed by atoms with E-state index in [1.54, 1.807) is 7.11 Å². The summed E-state index contributed by atoms with van der Waals surface area (Å²) >= 11 is 1.40. The molecule has 18 heavy (non-hydrogen) atoms. The van der Waals surface area contributed by atoms with Crippen LogP contribution < -0.4 is 10.5 Å². The molecular weight excluding hydrogens is 246 g/mol. The van der Waals surface area contributed by atoms with Gasteiger partial charge in [0.15, 0.2) is 5.17 Å². The van der Waals surface area contributed by atoms with E-state index >= 15 is 0 Å². The predicted octanol–water partition coefficient (Wildman–Crippen LogP) is 2.41. The molecule has 0 radical (unpaired) electrons. The second-order valence-corrected chi connectivity index (χ2v) is 4.89. The summed E-state index contributed by atoms with van der Waals surface area (Å²) in [6.07, 6.45) is 4.99. The normalized spacial score (nSPS) is 17.7. The van der Waals surface area contributed by atoms with Crippen molar-refractivity contribution in [2.75, 3.05) is 13.4 Å². The number of methoxy groups -OCH3 is 1. The largest absolute Gasteiger partial charge is 0.497 e. The molecule has 0 atom stereocenters. The molecule has 1 aromatic rings. The Morgan fingerprint density at radius 1 is 1.39 bits per heavy atom. The number of amidine groups is 1.